The Kier molecular flexibility index (Phi) is 5.23. The minimum atomic E-state index is -4.20. The van der Waals surface area contributed by atoms with Crippen molar-refractivity contribution in [3.05, 3.63) is 83.3 Å². The number of pyridine rings is 1. The average molecular weight is 445 g/mol. The third-order valence-corrected chi connectivity index (χ3v) is 6.24. The molecule has 7 nitrogen and oxygen atoms in total. The van der Waals surface area contributed by atoms with E-state index in [0.717, 1.165) is 5.56 Å². The fourth-order valence-electron chi connectivity index (χ4n) is 2.84. The first-order valence-corrected chi connectivity index (χ1v) is 10.6. The van der Waals surface area contributed by atoms with Crippen molar-refractivity contribution in [2.24, 2.45) is 5.10 Å². The van der Waals surface area contributed by atoms with Crippen molar-refractivity contribution in [2.45, 2.75) is 11.4 Å². The van der Waals surface area contributed by atoms with Crippen molar-refractivity contribution in [1.82, 2.24) is 10.3 Å². The van der Waals surface area contributed by atoms with Crippen molar-refractivity contribution >= 4 is 43.9 Å². The summed E-state index contributed by atoms with van der Waals surface area (Å²) in [6.45, 7) is 0.0843. The monoisotopic (exact) mass is 444 g/mol. The second-order valence-electron chi connectivity index (χ2n) is 6.33. The topological polar surface area (TPSA) is 91.7 Å². The van der Waals surface area contributed by atoms with Crippen LogP contribution >= 0.6 is 11.6 Å². The molecule has 0 spiro atoms. The highest BCUT2D eigenvalue weighted by molar-refractivity contribution is 8.08. The number of aromatic nitrogens is 1. The minimum Gasteiger partial charge on any atom is -0.346 e. The number of carbonyl (C=O) groups is 1. The molecule has 0 atom stereocenters. The van der Waals surface area contributed by atoms with Gasteiger partial charge >= 0.3 is 0 Å². The van der Waals surface area contributed by atoms with Gasteiger partial charge in [-0.1, -0.05) is 23.7 Å². The molecule has 0 saturated carbocycles. The molecule has 4 rings (SSSR count). The molecule has 0 aliphatic carbocycles. The summed E-state index contributed by atoms with van der Waals surface area (Å²) in [6, 6.07) is 14.8. The van der Waals surface area contributed by atoms with Crippen LogP contribution in [0, 0.1) is 5.82 Å². The second kappa shape index (κ2) is 7.85. The number of carbonyl (C=O) groups excluding carboxylic acids is 1. The molecule has 1 aliphatic heterocycles. The number of benzene rings is 2. The first-order valence-electron chi connectivity index (χ1n) is 8.73. The molecule has 0 unspecified atom stereocenters. The molecule has 0 bridgehead atoms. The smallest absolute Gasteiger partial charge is 0.284 e. The first kappa shape index (κ1) is 20.0. The number of hydrazone groups is 1. The van der Waals surface area contributed by atoms with E-state index in [1.54, 1.807) is 24.3 Å². The lowest BCUT2D eigenvalue weighted by Gasteiger charge is -2.25. The zero-order valence-electron chi connectivity index (χ0n) is 15.3. The molecule has 3 aromatic rings. The van der Waals surface area contributed by atoms with Crippen LogP contribution in [-0.2, 0) is 21.2 Å². The number of nitrogens with zero attached hydrogens (tertiary/aromatic N) is 3. The fourth-order valence-corrected chi connectivity index (χ4v) is 4.31. The summed E-state index contributed by atoms with van der Waals surface area (Å²) in [4.78, 5) is 16.7. The lowest BCUT2D eigenvalue weighted by Crippen LogP contribution is -2.40. The molecular formula is C20H14ClFN4O3S. The maximum Gasteiger partial charge on any atom is 0.284 e. The van der Waals surface area contributed by atoms with Gasteiger partial charge in [0.1, 0.15) is 10.7 Å². The van der Waals surface area contributed by atoms with Crippen molar-refractivity contribution in [1.29, 1.82) is 0 Å². The summed E-state index contributed by atoms with van der Waals surface area (Å²) in [5.41, 5.74) is 1.09. The summed E-state index contributed by atoms with van der Waals surface area (Å²) in [6.07, 6.45) is 1.41. The number of hydrogen-bond donors (Lipinski definition) is 1. The summed E-state index contributed by atoms with van der Waals surface area (Å²) < 4.78 is 39.3. The van der Waals surface area contributed by atoms with Gasteiger partial charge in [-0.05, 0) is 54.1 Å². The van der Waals surface area contributed by atoms with E-state index in [9.17, 15) is 17.6 Å². The van der Waals surface area contributed by atoms with Crippen LogP contribution in [0.1, 0.15) is 5.56 Å². The van der Waals surface area contributed by atoms with Crippen LogP contribution in [0.25, 0.3) is 0 Å². The minimum absolute atomic E-state index is 0.0263. The Morgan fingerprint density at radius 1 is 1.07 bits per heavy atom. The van der Waals surface area contributed by atoms with Gasteiger partial charge in [-0.3, -0.25) is 4.79 Å². The molecule has 1 aromatic heterocycles. The Morgan fingerprint density at radius 3 is 2.47 bits per heavy atom. The molecule has 0 radical (unpaired) electrons. The van der Waals surface area contributed by atoms with E-state index in [1.165, 1.54) is 47.6 Å². The van der Waals surface area contributed by atoms with E-state index in [0.29, 0.717) is 10.7 Å². The summed E-state index contributed by atoms with van der Waals surface area (Å²) in [5, 5.41) is 7.67. The SMILES string of the molecule is O=C(NCc1ccc(Cl)cc1)C1=NN(c2ccc(F)cc2)c2ncccc2S1(=O)=O. The number of halogens is 2. The van der Waals surface area contributed by atoms with Gasteiger partial charge in [-0.15, -0.1) is 5.10 Å². The number of sulfone groups is 1. The van der Waals surface area contributed by atoms with Gasteiger partial charge in [0.05, 0.1) is 5.69 Å². The van der Waals surface area contributed by atoms with E-state index in [2.05, 4.69) is 15.4 Å². The predicted octanol–water partition coefficient (Wildman–Crippen LogP) is 3.43. The average Bonchev–Trinajstić information content (AvgIpc) is 2.74. The van der Waals surface area contributed by atoms with Crippen LogP contribution in [-0.4, -0.2) is 24.4 Å². The van der Waals surface area contributed by atoms with Gasteiger partial charge in [0.2, 0.25) is 14.9 Å². The number of hydrogen-bond acceptors (Lipinski definition) is 6. The predicted molar refractivity (Wildman–Crippen MR) is 111 cm³/mol. The van der Waals surface area contributed by atoms with Gasteiger partial charge in [0.25, 0.3) is 5.91 Å². The summed E-state index contributed by atoms with van der Waals surface area (Å²) in [7, 11) is -4.20. The van der Waals surface area contributed by atoms with Crippen LogP contribution in [0.15, 0.2) is 76.9 Å². The molecule has 152 valence electrons. The van der Waals surface area contributed by atoms with E-state index in [1.807, 2.05) is 0 Å². The third-order valence-electron chi connectivity index (χ3n) is 4.32. The highest BCUT2D eigenvalue weighted by atomic mass is 35.5. The highest BCUT2D eigenvalue weighted by Crippen LogP contribution is 2.34. The van der Waals surface area contributed by atoms with Crippen LogP contribution in [0.2, 0.25) is 5.02 Å². The van der Waals surface area contributed by atoms with Gasteiger partial charge in [-0.25, -0.2) is 22.8 Å². The quantitative estimate of drug-likeness (QED) is 0.665. The molecule has 1 N–H and O–H groups in total. The molecule has 2 heterocycles. The third kappa shape index (κ3) is 3.77. The van der Waals surface area contributed by atoms with Crippen molar-refractivity contribution in [3.8, 4) is 0 Å². The molecule has 0 fully saturated rings. The van der Waals surface area contributed by atoms with Gasteiger partial charge < -0.3 is 5.32 Å². The van der Waals surface area contributed by atoms with Crippen molar-refractivity contribution in [3.63, 3.8) is 0 Å². The van der Waals surface area contributed by atoms with Crippen LogP contribution in [0.3, 0.4) is 0 Å². The summed E-state index contributed by atoms with van der Waals surface area (Å²) >= 11 is 5.84. The van der Waals surface area contributed by atoms with Crippen LogP contribution in [0.4, 0.5) is 15.9 Å². The molecule has 2 aromatic carbocycles. The standard InChI is InChI=1S/C20H14ClFN4O3S/c21-14-5-3-13(4-6-14)12-24-19(27)20-25-26(16-9-7-15(22)8-10-16)18-17(30(20,28)29)2-1-11-23-18/h1-11H,12H2,(H,24,27). The Labute approximate surface area is 176 Å². The maximum absolute atomic E-state index is 13.3. The Balaban J connectivity index is 1.71. The van der Waals surface area contributed by atoms with Crippen molar-refractivity contribution < 1.29 is 17.6 Å². The first-order chi connectivity index (χ1) is 14.4. The maximum atomic E-state index is 13.3. The number of nitrogens with one attached hydrogen (secondary N) is 1. The molecule has 0 saturated heterocycles. The highest BCUT2D eigenvalue weighted by Gasteiger charge is 2.38. The number of amides is 1. The second-order valence-corrected chi connectivity index (χ2v) is 8.60. The zero-order chi connectivity index (χ0) is 21.3. The molecule has 1 amide bonds. The van der Waals surface area contributed by atoms with E-state index >= 15 is 0 Å². The lowest BCUT2D eigenvalue weighted by molar-refractivity contribution is -0.114. The van der Waals surface area contributed by atoms with Gasteiger partial charge in [0, 0.05) is 17.8 Å². The number of fused-ring (bicyclic) bond motifs is 1. The largest absolute Gasteiger partial charge is 0.346 e. The fraction of sp³-hybridized carbons (Fsp3) is 0.0500. The van der Waals surface area contributed by atoms with Gasteiger partial charge in [0.15, 0.2) is 5.82 Å². The van der Waals surface area contributed by atoms with E-state index in [4.69, 9.17) is 11.6 Å². The van der Waals surface area contributed by atoms with Crippen LogP contribution < -0.4 is 10.3 Å². The lowest BCUT2D eigenvalue weighted by atomic mass is 10.2. The Morgan fingerprint density at radius 2 is 1.77 bits per heavy atom. The summed E-state index contributed by atoms with van der Waals surface area (Å²) in [5.74, 6) is -1.31. The molecule has 1 aliphatic rings. The number of rotatable bonds is 4. The number of anilines is 2. The molecule has 30 heavy (non-hydrogen) atoms. The normalized spacial score (nSPS) is 14.6. The van der Waals surface area contributed by atoms with E-state index < -0.39 is 26.6 Å². The van der Waals surface area contributed by atoms with Crippen LogP contribution in [0.5, 0.6) is 0 Å². The Bertz CT molecular complexity index is 1250. The molecular weight excluding hydrogens is 431 g/mol. The van der Waals surface area contributed by atoms with E-state index in [-0.39, 0.29) is 17.3 Å². The van der Waals surface area contributed by atoms with Gasteiger partial charge in [-0.2, -0.15) is 0 Å². The zero-order valence-corrected chi connectivity index (χ0v) is 16.9. The molecule has 10 heteroatoms. The Hall–Kier alpha value is -3.30. The van der Waals surface area contributed by atoms with Crippen molar-refractivity contribution in [2.75, 3.05) is 5.01 Å².